The van der Waals surface area contributed by atoms with Gasteiger partial charge in [-0.3, -0.25) is 14.4 Å². The third-order valence-corrected chi connectivity index (χ3v) is 2.96. The van der Waals surface area contributed by atoms with E-state index in [2.05, 4.69) is 4.74 Å². The second kappa shape index (κ2) is 7.88. The molecule has 0 radical (unpaired) electrons. The van der Waals surface area contributed by atoms with Crippen LogP contribution in [0, 0.1) is 0 Å². The Labute approximate surface area is 131 Å². The maximum atomic E-state index is 11.3. The van der Waals surface area contributed by atoms with Gasteiger partial charge in [-0.25, -0.2) is 4.79 Å². The fourth-order valence-corrected chi connectivity index (χ4v) is 2.11. The molecule has 10 nitrogen and oxygen atoms in total. The lowest BCUT2D eigenvalue weighted by Gasteiger charge is -2.41. The largest absolute Gasteiger partial charge is 0.479 e. The number of carbonyl (C=O) groups excluding carboxylic acids is 3. The number of carbonyl (C=O) groups is 4. The van der Waals surface area contributed by atoms with Crippen LogP contribution >= 0.6 is 0 Å². The van der Waals surface area contributed by atoms with E-state index in [-0.39, 0.29) is 0 Å². The summed E-state index contributed by atoms with van der Waals surface area (Å²) in [6.07, 6.45) is -7.55. The zero-order valence-corrected chi connectivity index (χ0v) is 12.8. The van der Waals surface area contributed by atoms with Gasteiger partial charge in [0.25, 0.3) is 0 Å². The lowest BCUT2D eigenvalue weighted by Crippen LogP contribution is -2.63. The molecule has 0 aromatic rings. The van der Waals surface area contributed by atoms with Crippen LogP contribution in [0.5, 0.6) is 0 Å². The van der Waals surface area contributed by atoms with Crippen molar-refractivity contribution in [3.05, 3.63) is 0 Å². The van der Waals surface area contributed by atoms with Gasteiger partial charge in [-0.05, 0) is 0 Å². The molecular formula is C13H18O10. The van der Waals surface area contributed by atoms with E-state index in [1.165, 1.54) is 0 Å². The van der Waals surface area contributed by atoms with Gasteiger partial charge in [-0.1, -0.05) is 0 Å². The van der Waals surface area contributed by atoms with Gasteiger partial charge in [0.1, 0.15) is 18.8 Å². The third-order valence-electron chi connectivity index (χ3n) is 2.96. The van der Waals surface area contributed by atoms with Crippen LogP contribution in [0.25, 0.3) is 0 Å². The topological polar surface area (TPSA) is 146 Å². The molecule has 0 aliphatic carbocycles. The van der Waals surface area contributed by atoms with Gasteiger partial charge in [-0.15, -0.1) is 0 Å². The number of rotatable bonds is 5. The van der Waals surface area contributed by atoms with Crippen LogP contribution < -0.4 is 0 Å². The molecule has 0 bridgehead atoms. The van der Waals surface area contributed by atoms with Crippen molar-refractivity contribution in [3.63, 3.8) is 0 Å². The molecule has 0 amide bonds. The van der Waals surface area contributed by atoms with Gasteiger partial charge < -0.3 is 29.2 Å². The van der Waals surface area contributed by atoms with E-state index in [1.807, 2.05) is 0 Å². The maximum absolute atomic E-state index is 11.3. The minimum absolute atomic E-state index is 0.454. The number of carboxylic acids is 1. The van der Waals surface area contributed by atoms with Gasteiger partial charge in [0.2, 0.25) is 0 Å². The van der Waals surface area contributed by atoms with E-state index in [4.69, 9.17) is 14.2 Å². The van der Waals surface area contributed by atoms with Crippen LogP contribution in [0.3, 0.4) is 0 Å². The lowest BCUT2D eigenvalue weighted by atomic mass is 9.94. The first-order valence-electron chi connectivity index (χ1n) is 6.67. The summed E-state index contributed by atoms with van der Waals surface area (Å²) >= 11 is 0. The van der Waals surface area contributed by atoms with Crippen molar-refractivity contribution in [2.24, 2.45) is 0 Å². The van der Waals surface area contributed by atoms with Crippen molar-refractivity contribution < 1.29 is 48.3 Å². The first kappa shape index (κ1) is 18.8. The van der Waals surface area contributed by atoms with Gasteiger partial charge in [0, 0.05) is 20.8 Å². The quantitative estimate of drug-likeness (QED) is 0.456. The van der Waals surface area contributed by atoms with Crippen LogP contribution in [0.15, 0.2) is 0 Å². The average molecular weight is 334 g/mol. The molecule has 1 rings (SSSR count). The summed E-state index contributed by atoms with van der Waals surface area (Å²) in [6.45, 7) is 2.74. The molecular weight excluding hydrogens is 316 g/mol. The smallest absolute Gasteiger partial charge is 0.336 e. The van der Waals surface area contributed by atoms with Gasteiger partial charge >= 0.3 is 23.9 Å². The Kier molecular flexibility index (Phi) is 6.46. The van der Waals surface area contributed by atoms with Crippen molar-refractivity contribution in [2.75, 3.05) is 6.61 Å². The molecule has 0 unspecified atom stereocenters. The fourth-order valence-electron chi connectivity index (χ4n) is 2.11. The van der Waals surface area contributed by atoms with Crippen molar-refractivity contribution in [3.8, 4) is 0 Å². The normalized spacial score (nSPS) is 30.2. The second-order valence-corrected chi connectivity index (χ2v) is 4.87. The molecule has 1 saturated heterocycles. The van der Waals surface area contributed by atoms with E-state index in [9.17, 15) is 29.4 Å². The number of aliphatic hydroxyl groups is 1. The Morgan fingerprint density at radius 1 is 0.957 bits per heavy atom. The molecule has 10 heteroatoms. The number of esters is 3. The zero-order valence-electron chi connectivity index (χ0n) is 12.8. The number of hydrogen-bond donors (Lipinski definition) is 2. The second-order valence-electron chi connectivity index (χ2n) is 4.87. The SMILES string of the molecule is CC(=O)OC[C@H]1O[C@@H](C(=O)O)[C@H](OC(C)=O)[C@@H](OC(C)=O)[C@H]1O. The minimum atomic E-state index is -1.70. The molecule has 1 heterocycles. The monoisotopic (exact) mass is 334 g/mol. The zero-order chi connectivity index (χ0) is 17.7. The summed E-state index contributed by atoms with van der Waals surface area (Å²) in [4.78, 5) is 44.5. The Hall–Kier alpha value is -2.20. The Morgan fingerprint density at radius 2 is 1.48 bits per heavy atom. The molecule has 23 heavy (non-hydrogen) atoms. The van der Waals surface area contributed by atoms with E-state index < -0.39 is 61.0 Å². The fraction of sp³-hybridized carbons (Fsp3) is 0.692. The molecule has 0 aromatic heterocycles. The van der Waals surface area contributed by atoms with Gasteiger partial charge in [0.15, 0.2) is 18.3 Å². The molecule has 0 aromatic carbocycles. The average Bonchev–Trinajstić information content (AvgIpc) is 2.40. The van der Waals surface area contributed by atoms with Gasteiger partial charge in [0.05, 0.1) is 0 Å². The van der Waals surface area contributed by atoms with Crippen LogP contribution in [0.4, 0.5) is 0 Å². The van der Waals surface area contributed by atoms with Crippen LogP contribution in [0.1, 0.15) is 20.8 Å². The summed E-state index contributed by atoms with van der Waals surface area (Å²) in [5.74, 6) is -3.82. The molecule has 2 N–H and O–H groups in total. The number of aliphatic carboxylic acids is 1. The number of aliphatic hydroxyl groups excluding tert-OH is 1. The van der Waals surface area contributed by atoms with E-state index in [0.29, 0.717) is 0 Å². The molecule has 0 spiro atoms. The standard InChI is InChI=1S/C13H18O10/c1-5(14)20-4-8-9(17)10(21-6(2)15)11(22-7(3)16)12(23-8)13(18)19/h8-12,17H,4H2,1-3H3,(H,18,19)/t8-,9+,10+,11-,12-/m1/s1. The molecule has 1 fully saturated rings. The van der Waals surface area contributed by atoms with Crippen LogP contribution in [-0.2, 0) is 38.1 Å². The lowest BCUT2D eigenvalue weighted by molar-refractivity contribution is -0.248. The highest BCUT2D eigenvalue weighted by Gasteiger charge is 2.52. The number of carboxylic acid groups (broad SMARTS) is 1. The highest BCUT2D eigenvalue weighted by atomic mass is 16.6. The molecule has 130 valence electrons. The predicted octanol–water partition coefficient (Wildman–Crippen LogP) is -1.37. The first-order valence-corrected chi connectivity index (χ1v) is 6.67. The molecule has 0 saturated carbocycles. The number of hydrogen-bond acceptors (Lipinski definition) is 9. The van der Waals surface area contributed by atoms with Crippen LogP contribution in [-0.4, -0.2) is 71.2 Å². The Balaban J connectivity index is 3.07. The van der Waals surface area contributed by atoms with E-state index in [0.717, 1.165) is 20.8 Å². The van der Waals surface area contributed by atoms with Crippen molar-refractivity contribution in [2.45, 2.75) is 51.3 Å². The third kappa shape index (κ3) is 5.18. The predicted molar refractivity (Wildman–Crippen MR) is 70.0 cm³/mol. The van der Waals surface area contributed by atoms with Crippen molar-refractivity contribution >= 4 is 23.9 Å². The molecule has 5 atom stereocenters. The van der Waals surface area contributed by atoms with Gasteiger partial charge in [-0.2, -0.15) is 0 Å². The minimum Gasteiger partial charge on any atom is -0.479 e. The van der Waals surface area contributed by atoms with E-state index in [1.54, 1.807) is 0 Å². The summed E-state index contributed by atoms with van der Waals surface area (Å²) in [5, 5.41) is 19.4. The number of ether oxygens (including phenoxy) is 4. The van der Waals surface area contributed by atoms with Crippen molar-refractivity contribution in [1.82, 2.24) is 0 Å². The summed E-state index contributed by atoms with van der Waals surface area (Å²) < 4.78 is 19.5. The highest BCUT2D eigenvalue weighted by molar-refractivity contribution is 5.75. The van der Waals surface area contributed by atoms with E-state index >= 15 is 0 Å². The maximum Gasteiger partial charge on any atom is 0.336 e. The Morgan fingerprint density at radius 3 is 1.91 bits per heavy atom. The summed E-state index contributed by atoms with van der Waals surface area (Å²) in [5.41, 5.74) is 0. The summed E-state index contributed by atoms with van der Waals surface area (Å²) in [6, 6.07) is 0. The van der Waals surface area contributed by atoms with Crippen LogP contribution in [0.2, 0.25) is 0 Å². The first-order chi connectivity index (χ1) is 10.6. The summed E-state index contributed by atoms with van der Waals surface area (Å²) in [7, 11) is 0. The Bertz CT molecular complexity index is 487. The molecule has 1 aliphatic rings. The highest BCUT2D eigenvalue weighted by Crippen LogP contribution is 2.27. The van der Waals surface area contributed by atoms with Crippen molar-refractivity contribution in [1.29, 1.82) is 0 Å². The molecule has 1 aliphatic heterocycles.